The highest BCUT2D eigenvalue weighted by Crippen LogP contribution is 2.24. The highest BCUT2D eigenvalue weighted by molar-refractivity contribution is 7.92. The van der Waals surface area contributed by atoms with Crippen LogP contribution in [-0.2, 0) is 10.0 Å². The van der Waals surface area contributed by atoms with E-state index in [9.17, 15) is 17.9 Å². The molecule has 1 heterocycles. The van der Waals surface area contributed by atoms with Crippen molar-refractivity contribution >= 4 is 15.7 Å². The van der Waals surface area contributed by atoms with Crippen LogP contribution < -0.4 is 4.72 Å². The molecule has 1 atom stereocenters. The van der Waals surface area contributed by atoms with E-state index in [1.165, 1.54) is 31.5 Å². The number of hydrogen-bond acceptors (Lipinski definition) is 4. The monoisotopic (exact) mass is 330 g/mol. The Kier molecular flexibility index (Phi) is 5.77. The minimum absolute atomic E-state index is 0.0595. The maximum atomic E-state index is 13.9. The average Bonchev–Trinajstić information content (AvgIpc) is 2.50. The van der Waals surface area contributed by atoms with E-state index in [0.29, 0.717) is 6.54 Å². The number of benzene rings is 1. The third-order valence-corrected chi connectivity index (χ3v) is 5.19. The molecule has 1 fully saturated rings. The van der Waals surface area contributed by atoms with E-state index in [2.05, 4.69) is 9.62 Å². The number of nitrogens with one attached hydrogen (secondary N) is 1. The second-order valence-corrected chi connectivity index (χ2v) is 7.63. The number of nitrogens with zero attached hydrogens (tertiary/aromatic N) is 1. The predicted octanol–water partition coefficient (Wildman–Crippen LogP) is 2.11. The van der Waals surface area contributed by atoms with Gasteiger partial charge < -0.3 is 10.0 Å². The van der Waals surface area contributed by atoms with Gasteiger partial charge in [0.2, 0.25) is 10.0 Å². The molecule has 1 saturated heterocycles. The number of rotatable bonds is 6. The number of halogens is 1. The summed E-state index contributed by atoms with van der Waals surface area (Å²) in [6.07, 6.45) is 2.40. The van der Waals surface area contributed by atoms with Crippen molar-refractivity contribution in [3.63, 3.8) is 0 Å². The molecule has 0 aliphatic carbocycles. The van der Waals surface area contributed by atoms with Crippen LogP contribution in [0.5, 0.6) is 0 Å². The van der Waals surface area contributed by atoms with Gasteiger partial charge in [0.25, 0.3) is 0 Å². The SMILES string of the molecule is CCS(=O)(=O)Nc1ccc(F)c(C(O)CN2CCCCC2)c1. The number of piperidine rings is 1. The van der Waals surface area contributed by atoms with E-state index >= 15 is 0 Å². The molecule has 22 heavy (non-hydrogen) atoms. The van der Waals surface area contributed by atoms with E-state index in [0.717, 1.165) is 25.9 Å². The summed E-state index contributed by atoms with van der Waals surface area (Å²) >= 11 is 0. The van der Waals surface area contributed by atoms with Gasteiger partial charge in [-0.2, -0.15) is 0 Å². The largest absolute Gasteiger partial charge is 0.387 e. The summed E-state index contributed by atoms with van der Waals surface area (Å²) < 4.78 is 39.5. The van der Waals surface area contributed by atoms with Gasteiger partial charge in [-0.3, -0.25) is 4.72 Å². The number of β-amino-alcohol motifs (C(OH)–C–C–N with tert-alkyl or cyclic N) is 1. The molecule has 5 nitrogen and oxygen atoms in total. The van der Waals surface area contributed by atoms with Gasteiger partial charge in [-0.15, -0.1) is 0 Å². The first kappa shape index (κ1) is 17.2. The standard InChI is InChI=1S/C15H23FN2O3S/c1-2-22(20,21)17-12-6-7-14(16)13(10-12)15(19)11-18-8-4-3-5-9-18/h6-7,10,15,17,19H,2-5,8-9,11H2,1H3. The Morgan fingerprint density at radius 1 is 1.32 bits per heavy atom. The van der Waals surface area contributed by atoms with Gasteiger partial charge in [-0.1, -0.05) is 6.42 Å². The van der Waals surface area contributed by atoms with Crippen LogP contribution in [0.15, 0.2) is 18.2 Å². The van der Waals surface area contributed by atoms with Crippen LogP contribution in [0.4, 0.5) is 10.1 Å². The lowest BCUT2D eigenvalue weighted by Gasteiger charge is -2.28. The van der Waals surface area contributed by atoms with Crippen LogP contribution in [0, 0.1) is 5.82 Å². The topological polar surface area (TPSA) is 69.6 Å². The van der Waals surface area contributed by atoms with E-state index in [1.54, 1.807) is 0 Å². The fourth-order valence-electron chi connectivity index (χ4n) is 2.60. The molecular formula is C15H23FN2O3S. The van der Waals surface area contributed by atoms with E-state index in [1.807, 2.05) is 0 Å². The van der Waals surface area contributed by atoms with Crippen LogP contribution in [0.2, 0.25) is 0 Å². The van der Waals surface area contributed by atoms with Crippen LogP contribution in [-0.4, -0.2) is 43.8 Å². The zero-order valence-corrected chi connectivity index (χ0v) is 13.6. The molecule has 0 spiro atoms. The van der Waals surface area contributed by atoms with Crippen LogP contribution in [0.3, 0.4) is 0 Å². The zero-order chi connectivity index (χ0) is 16.2. The lowest BCUT2D eigenvalue weighted by molar-refractivity contribution is 0.0988. The van der Waals surface area contributed by atoms with Crippen molar-refractivity contribution in [1.82, 2.24) is 4.90 Å². The van der Waals surface area contributed by atoms with E-state index in [4.69, 9.17) is 0 Å². The zero-order valence-electron chi connectivity index (χ0n) is 12.8. The van der Waals surface area contributed by atoms with Crippen molar-refractivity contribution in [2.24, 2.45) is 0 Å². The Labute approximate surface area is 131 Å². The summed E-state index contributed by atoms with van der Waals surface area (Å²) in [4.78, 5) is 2.11. The Morgan fingerprint density at radius 2 is 2.00 bits per heavy atom. The van der Waals surface area contributed by atoms with Crippen molar-refractivity contribution in [2.45, 2.75) is 32.3 Å². The number of anilines is 1. The molecule has 0 amide bonds. The Balaban J connectivity index is 2.11. The van der Waals surface area contributed by atoms with Crippen LogP contribution >= 0.6 is 0 Å². The first-order valence-corrected chi connectivity index (χ1v) is 9.27. The van der Waals surface area contributed by atoms with Gasteiger partial charge in [0.1, 0.15) is 5.82 Å². The molecule has 0 radical (unpaired) electrons. The number of aliphatic hydroxyl groups excluding tert-OH is 1. The normalized spacial score (nSPS) is 18.1. The molecule has 2 N–H and O–H groups in total. The first-order valence-electron chi connectivity index (χ1n) is 7.61. The Hall–Kier alpha value is -1.18. The lowest BCUT2D eigenvalue weighted by atomic mass is 10.1. The van der Waals surface area contributed by atoms with Gasteiger partial charge in [0.15, 0.2) is 0 Å². The molecule has 1 aromatic carbocycles. The highest BCUT2D eigenvalue weighted by atomic mass is 32.2. The van der Waals surface area contributed by atoms with Crippen molar-refractivity contribution in [1.29, 1.82) is 0 Å². The minimum Gasteiger partial charge on any atom is -0.387 e. The summed E-state index contributed by atoms with van der Waals surface area (Å²) in [7, 11) is -3.42. The van der Waals surface area contributed by atoms with Gasteiger partial charge in [0, 0.05) is 17.8 Å². The molecule has 1 aromatic rings. The molecule has 0 aromatic heterocycles. The summed E-state index contributed by atoms with van der Waals surface area (Å²) in [5.74, 6) is -0.584. The number of sulfonamides is 1. The molecule has 2 rings (SSSR count). The van der Waals surface area contributed by atoms with Gasteiger partial charge >= 0.3 is 0 Å². The summed E-state index contributed by atoms with van der Waals surface area (Å²) in [6, 6.07) is 3.92. The molecule has 1 aliphatic rings. The number of likely N-dealkylation sites (tertiary alicyclic amines) is 1. The van der Waals surface area contributed by atoms with Crippen molar-refractivity contribution in [2.75, 3.05) is 30.1 Å². The highest BCUT2D eigenvalue weighted by Gasteiger charge is 2.19. The maximum absolute atomic E-state index is 13.9. The summed E-state index contributed by atoms with van der Waals surface area (Å²) in [5, 5.41) is 10.3. The third kappa shape index (κ3) is 4.66. The van der Waals surface area contributed by atoms with Crippen molar-refractivity contribution in [3.05, 3.63) is 29.6 Å². The molecular weight excluding hydrogens is 307 g/mol. The fourth-order valence-corrected chi connectivity index (χ4v) is 3.23. The lowest BCUT2D eigenvalue weighted by Crippen LogP contribution is -2.33. The van der Waals surface area contributed by atoms with E-state index < -0.39 is 21.9 Å². The second-order valence-electron chi connectivity index (χ2n) is 5.62. The van der Waals surface area contributed by atoms with Crippen molar-refractivity contribution in [3.8, 4) is 0 Å². The van der Waals surface area contributed by atoms with Crippen molar-refractivity contribution < 1.29 is 17.9 Å². The predicted molar refractivity (Wildman–Crippen MR) is 84.7 cm³/mol. The van der Waals surface area contributed by atoms with Gasteiger partial charge in [-0.05, 0) is 51.1 Å². The molecule has 7 heteroatoms. The Morgan fingerprint density at radius 3 is 2.64 bits per heavy atom. The quantitative estimate of drug-likeness (QED) is 0.838. The number of aliphatic hydroxyl groups is 1. The number of hydrogen-bond donors (Lipinski definition) is 2. The molecule has 124 valence electrons. The third-order valence-electron chi connectivity index (χ3n) is 3.89. The van der Waals surface area contributed by atoms with Gasteiger partial charge in [-0.25, -0.2) is 12.8 Å². The molecule has 1 aliphatic heterocycles. The first-order chi connectivity index (χ1) is 10.4. The Bertz CT molecular complexity index is 601. The van der Waals surface area contributed by atoms with Crippen LogP contribution in [0.25, 0.3) is 0 Å². The molecule has 0 saturated carbocycles. The average molecular weight is 330 g/mol. The van der Waals surface area contributed by atoms with Gasteiger partial charge in [0.05, 0.1) is 11.9 Å². The molecule has 0 bridgehead atoms. The minimum atomic E-state index is -3.42. The summed E-state index contributed by atoms with van der Waals surface area (Å²) in [5.41, 5.74) is 0.401. The smallest absolute Gasteiger partial charge is 0.232 e. The van der Waals surface area contributed by atoms with Crippen LogP contribution in [0.1, 0.15) is 37.9 Å². The maximum Gasteiger partial charge on any atom is 0.232 e. The van der Waals surface area contributed by atoms with E-state index in [-0.39, 0.29) is 17.0 Å². The summed E-state index contributed by atoms with van der Waals surface area (Å²) in [6.45, 7) is 3.69. The second kappa shape index (κ2) is 7.39. The fraction of sp³-hybridized carbons (Fsp3) is 0.600. The molecule has 1 unspecified atom stereocenters.